The first-order valence-electron chi connectivity index (χ1n) is 10.7. The van der Waals surface area contributed by atoms with E-state index < -0.39 is 17.3 Å². The molecule has 4 rings (SSSR count). The number of nitrogen functional groups attached to an aromatic ring is 1. The number of rotatable bonds is 6. The number of amides is 1. The molecule has 0 saturated heterocycles. The number of ether oxygens (including phenoxy) is 3. The smallest absolute Gasteiger partial charge is 0.239 e. The molecule has 3 aromatic rings. The van der Waals surface area contributed by atoms with E-state index >= 15 is 0 Å². The summed E-state index contributed by atoms with van der Waals surface area (Å²) in [5, 5.41) is 1.88. The Morgan fingerprint density at radius 3 is 2.23 bits per heavy atom. The summed E-state index contributed by atoms with van der Waals surface area (Å²) in [6.07, 6.45) is 0. The normalized spacial score (nSPS) is 19.9. The van der Waals surface area contributed by atoms with E-state index in [0.717, 1.165) is 10.4 Å². The van der Waals surface area contributed by atoms with Gasteiger partial charge >= 0.3 is 0 Å². The molecule has 184 valence electrons. The second-order valence-corrected chi connectivity index (χ2v) is 9.29. The molecule has 1 aliphatic heterocycles. The van der Waals surface area contributed by atoms with Gasteiger partial charge in [0.2, 0.25) is 11.7 Å². The molecular weight excluding hydrogens is 471 g/mol. The molecule has 1 amide bonds. The Labute approximate surface area is 206 Å². The molecule has 0 radical (unpaired) electrons. The Kier molecular flexibility index (Phi) is 6.33. The zero-order valence-corrected chi connectivity index (χ0v) is 20.9. The fourth-order valence-corrected chi connectivity index (χ4v) is 5.44. The third-order valence-corrected chi connectivity index (χ3v) is 7.36. The minimum Gasteiger partial charge on any atom is -0.493 e. The van der Waals surface area contributed by atoms with Crippen molar-refractivity contribution >= 4 is 28.9 Å². The first-order chi connectivity index (χ1) is 16.6. The summed E-state index contributed by atoms with van der Waals surface area (Å²) in [6.45, 7) is 1.86. The number of hydrogen-bond donors (Lipinski definition) is 2. The fraction of sp³-hybridized carbons (Fsp3) is 0.280. The van der Waals surface area contributed by atoms with Crippen LogP contribution in [0.5, 0.6) is 17.2 Å². The molecule has 8 nitrogen and oxygen atoms in total. The number of carbonyl (C=O) groups excluding carboxylic acids is 1. The maximum absolute atomic E-state index is 14.0. The standard InChI is InChI=1S/C25H27FN4O4S/c1-25(20-10-15(12-35-20)13-6-16(26)11-17(27)7-13)21(23(31)30(2)24(28)29-25)14-8-18(32-3)22(34-5)19(9-14)33-4/h6-12,21H,27H2,1-5H3,(H2,28,29)/t21?,25-/m1/s1. The lowest BCUT2D eigenvalue weighted by Crippen LogP contribution is -2.52. The minimum absolute atomic E-state index is 0.103. The van der Waals surface area contributed by atoms with Gasteiger partial charge in [-0.25, -0.2) is 9.38 Å². The van der Waals surface area contributed by atoms with E-state index in [9.17, 15) is 9.18 Å². The molecule has 0 bridgehead atoms. The highest BCUT2D eigenvalue weighted by Gasteiger charge is 2.48. The average Bonchev–Trinajstić information content (AvgIpc) is 3.32. The second kappa shape index (κ2) is 9.10. The molecule has 0 fully saturated rings. The summed E-state index contributed by atoms with van der Waals surface area (Å²) in [7, 11) is 6.13. The lowest BCUT2D eigenvalue weighted by Gasteiger charge is -2.40. The van der Waals surface area contributed by atoms with E-state index in [1.54, 1.807) is 25.2 Å². The van der Waals surface area contributed by atoms with Gasteiger partial charge in [0.1, 0.15) is 11.4 Å². The lowest BCUT2D eigenvalue weighted by atomic mass is 9.77. The maximum Gasteiger partial charge on any atom is 0.239 e. The third-order valence-electron chi connectivity index (χ3n) is 6.20. The molecule has 0 saturated carbocycles. The van der Waals surface area contributed by atoms with Crippen molar-refractivity contribution in [3.63, 3.8) is 0 Å². The van der Waals surface area contributed by atoms with Gasteiger partial charge in [0, 0.05) is 17.6 Å². The first kappa shape index (κ1) is 24.3. The van der Waals surface area contributed by atoms with Gasteiger partial charge in [-0.15, -0.1) is 11.3 Å². The average molecular weight is 499 g/mol. The van der Waals surface area contributed by atoms with E-state index in [1.807, 2.05) is 18.4 Å². The van der Waals surface area contributed by atoms with Crippen LogP contribution in [0.25, 0.3) is 11.1 Å². The largest absolute Gasteiger partial charge is 0.493 e. The first-order valence-corrected chi connectivity index (χ1v) is 11.6. The Hall–Kier alpha value is -3.79. The van der Waals surface area contributed by atoms with Crippen molar-refractivity contribution in [3.05, 3.63) is 58.0 Å². The van der Waals surface area contributed by atoms with E-state index in [4.69, 9.17) is 30.7 Å². The molecule has 0 aliphatic carbocycles. The summed E-state index contributed by atoms with van der Waals surface area (Å²) >= 11 is 1.41. The molecule has 2 atom stereocenters. The number of methoxy groups -OCH3 is 3. The van der Waals surface area contributed by atoms with Gasteiger partial charge in [-0.05, 0) is 65.4 Å². The van der Waals surface area contributed by atoms with Gasteiger partial charge in [0.25, 0.3) is 0 Å². The molecule has 0 spiro atoms. The van der Waals surface area contributed by atoms with Crippen LogP contribution in [-0.2, 0) is 10.3 Å². The van der Waals surface area contributed by atoms with Crippen LogP contribution in [0.2, 0.25) is 0 Å². The number of carbonyl (C=O) groups is 1. The minimum atomic E-state index is -1.06. The van der Waals surface area contributed by atoms with Crippen LogP contribution >= 0.6 is 11.3 Å². The van der Waals surface area contributed by atoms with Gasteiger partial charge in [0.15, 0.2) is 17.5 Å². The number of benzene rings is 2. The zero-order valence-electron chi connectivity index (χ0n) is 20.1. The monoisotopic (exact) mass is 498 g/mol. The highest BCUT2D eigenvalue weighted by atomic mass is 32.1. The molecule has 2 heterocycles. The number of thiophene rings is 1. The molecule has 35 heavy (non-hydrogen) atoms. The Bertz CT molecular complexity index is 1280. The van der Waals surface area contributed by atoms with Crippen molar-refractivity contribution in [1.82, 2.24) is 4.90 Å². The second-order valence-electron chi connectivity index (χ2n) is 8.38. The van der Waals surface area contributed by atoms with Crippen molar-refractivity contribution in [1.29, 1.82) is 0 Å². The maximum atomic E-state index is 14.0. The van der Waals surface area contributed by atoms with Crippen molar-refractivity contribution in [2.75, 3.05) is 34.1 Å². The SMILES string of the molecule is COc1cc(C2C(=O)N(C)C(N)=N[C@]2(C)c2cc(-c3cc(N)cc(F)c3)cs2)cc(OC)c1OC. The Morgan fingerprint density at radius 2 is 1.66 bits per heavy atom. The summed E-state index contributed by atoms with van der Waals surface area (Å²) < 4.78 is 30.5. The van der Waals surface area contributed by atoms with Crippen LogP contribution in [0.1, 0.15) is 23.3 Å². The number of anilines is 1. The van der Waals surface area contributed by atoms with Crippen LogP contribution in [-0.4, -0.2) is 45.1 Å². The number of likely N-dealkylation sites (N-methyl/N-ethyl adjacent to an activating group) is 1. The Morgan fingerprint density at radius 1 is 1.00 bits per heavy atom. The molecule has 1 aromatic heterocycles. The van der Waals surface area contributed by atoms with Crippen LogP contribution in [0.3, 0.4) is 0 Å². The number of hydrogen-bond acceptors (Lipinski definition) is 8. The van der Waals surface area contributed by atoms with Crippen molar-refractivity contribution in [2.45, 2.75) is 18.4 Å². The van der Waals surface area contributed by atoms with E-state index in [1.165, 1.54) is 49.7 Å². The summed E-state index contributed by atoms with van der Waals surface area (Å²) in [4.78, 5) is 20.5. The van der Waals surface area contributed by atoms with Gasteiger partial charge in [0.05, 0.1) is 27.2 Å². The van der Waals surface area contributed by atoms with Crippen LogP contribution in [0, 0.1) is 5.82 Å². The molecule has 1 aliphatic rings. The topological polar surface area (TPSA) is 112 Å². The number of halogens is 1. The number of nitrogens with zero attached hydrogens (tertiary/aromatic N) is 2. The number of nitrogens with two attached hydrogens (primary N) is 2. The van der Waals surface area contributed by atoms with Crippen LogP contribution in [0.15, 0.2) is 46.8 Å². The van der Waals surface area contributed by atoms with Crippen LogP contribution in [0.4, 0.5) is 10.1 Å². The number of guanidine groups is 1. The number of aliphatic imine (C=N–C) groups is 1. The van der Waals surface area contributed by atoms with Crippen LogP contribution < -0.4 is 25.7 Å². The molecule has 1 unspecified atom stereocenters. The fourth-order valence-electron chi connectivity index (χ4n) is 4.39. The lowest BCUT2D eigenvalue weighted by molar-refractivity contribution is -0.130. The van der Waals surface area contributed by atoms with Gasteiger partial charge in [-0.3, -0.25) is 9.69 Å². The summed E-state index contributed by atoms with van der Waals surface area (Å²) in [5.74, 6) is -0.0512. The van der Waals surface area contributed by atoms with E-state index in [2.05, 4.69) is 0 Å². The molecule has 2 aromatic carbocycles. The Balaban J connectivity index is 1.90. The molecule has 10 heteroatoms. The predicted octanol–water partition coefficient (Wildman–Crippen LogP) is 3.95. The molecule has 4 N–H and O–H groups in total. The van der Waals surface area contributed by atoms with Crippen molar-refractivity contribution < 1.29 is 23.4 Å². The predicted molar refractivity (Wildman–Crippen MR) is 135 cm³/mol. The highest BCUT2D eigenvalue weighted by molar-refractivity contribution is 7.10. The van der Waals surface area contributed by atoms with Crippen molar-refractivity contribution in [3.8, 4) is 28.4 Å². The quantitative estimate of drug-likeness (QED) is 0.498. The molecular formula is C25H27FN4O4S. The zero-order chi connectivity index (χ0) is 25.5. The third kappa shape index (κ3) is 4.14. The summed E-state index contributed by atoms with van der Waals surface area (Å²) in [5.41, 5.74) is 13.3. The van der Waals surface area contributed by atoms with Gasteiger partial charge in [-0.1, -0.05) is 0 Å². The van der Waals surface area contributed by atoms with E-state index in [-0.39, 0.29) is 11.9 Å². The highest BCUT2D eigenvalue weighted by Crippen LogP contribution is 2.50. The van der Waals surface area contributed by atoms with Crippen molar-refractivity contribution in [2.24, 2.45) is 10.7 Å². The summed E-state index contributed by atoms with van der Waals surface area (Å²) in [6, 6.07) is 9.76. The van der Waals surface area contributed by atoms with Gasteiger partial charge < -0.3 is 25.7 Å². The van der Waals surface area contributed by atoms with E-state index in [0.29, 0.717) is 34.1 Å². The van der Waals surface area contributed by atoms with Gasteiger partial charge in [-0.2, -0.15) is 0 Å².